The summed E-state index contributed by atoms with van der Waals surface area (Å²) >= 11 is 0. The molecule has 1 saturated heterocycles. The molecule has 1 unspecified atom stereocenters. The Labute approximate surface area is 105 Å². The van der Waals surface area contributed by atoms with Crippen LogP contribution in [0.2, 0.25) is 0 Å². The molecule has 98 valence electrons. The van der Waals surface area contributed by atoms with Crippen LogP contribution in [-0.2, 0) is 9.53 Å². The van der Waals surface area contributed by atoms with Crippen molar-refractivity contribution in [1.29, 1.82) is 0 Å². The van der Waals surface area contributed by atoms with Crippen LogP contribution in [0, 0.1) is 5.82 Å². The standard InChI is InChI=1S/C13H17FN2O2/c14-11-7-9(4-5-12(11)15)16-13(17)8-10-3-1-2-6-18-10/h4-5,7,10H,1-3,6,8,15H2,(H,16,17). The number of ether oxygens (including phenoxy) is 1. The maximum Gasteiger partial charge on any atom is 0.226 e. The Morgan fingerprint density at radius 3 is 3.00 bits per heavy atom. The Morgan fingerprint density at radius 1 is 1.50 bits per heavy atom. The predicted molar refractivity (Wildman–Crippen MR) is 67.7 cm³/mol. The number of halogens is 1. The van der Waals surface area contributed by atoms with E-state index in [0.717, 1.165) is 19.3 Å². The first-order valence-electron chi connectivity index (χ1n) is 6.11. The summed E-state index contributed by atoms with van der Waals surface area (Å²) in [6, 6.07) is 4.23. The van der Waals surface area contributed by atoms with Crippen molar-refractivity contribution in [3.8, 4) is 0 Å². The number of nitrogens with one attached hydrogen (secondary N) is 1. The van der Waals surface area contributed by atoms with E-state index >= 15 is 0 Å². The average Bonchev–Trinajstić information content (AvgIpc) is 2.35. The van der Waals surface area contributed by atoms with Crippen LogP contribution in [0.15, 0.2) is 18.2 Å². The molecule has 1 aromatic carbocycles. The Bertz CT molecular complexity index is 431. The van der Waals surface area contributed by atoms with Gasteiger partial charge in [-0.2, -0.15) is 0 Å². The van der Waals surface area contributed by atoms with E-state index in [1.165, 1.54) is 12.1 Å². The Balaban J connectivity index is 1.88. The lowest BCUT2D eigenvalue weighted by Crippen LogP contribution is -2.25. The van der Waals surface area contributed by atoms with Crippen LogP contribution in [0.25, 0.3) is 0 Å². The van der Waals surface area contributed by atoms with Gasteiger partial charge in [0.2, 0.25) is 5.91 Å². The maximum atomic E-state index is 13.2. The number of rotatable bonds is 3. The highest BCUT2D eigenvalue weighted by atomic mass is 19.1. The third kappa shape index (κ3) is 3.43. The highest BCUT2D eigenvalue weighted by Crippen LogP contribution is 2.18. The summed E-state index contributed by atoms with van der Waals surface area (Å²) in [5, 5.41) is 2.64. The number of nitrogen functional groups attached to an aromatic ring is 1. The van der Waals surface area contributed by atoms with Crippen molar-refractivity contribution in [2.75, 3.05) is 17.7 Å². The molecule has 0 aromatic heterocycles. The molecule has 1 aromatic rings. The van der Waals surface area contributed by atoms with Crippen molar-refractivity contribution in [3.05, 3.63) is 24.0 Å². The molecule has 1 fully saturated rings. The molecule has 1 atom stereocenters. The van der Waals surface area contributed by atoms with Crippen molar-refractivity contribution >= 4 is 17.3 Å². The normalized spacial score (nSPS) is 19.5. The monoisotopic (exact) mass is 252 g/mol. The summed E-state index contributed by atoms with van der Waals surface area (Å²) in [4.78, 5) is 11.7. The van der Waals surface area contributed by atoms with Crippen molar-refractivity contribution in [2.45, 2.75) is 31.8 Å². The molecular weight excluding hydrogens is 235 g/mol. The number of carbonyl (C=O) groups excluding carboxylic acids is 1. The van der Waals surface area contributed by atoms with Gasteiger partial charge in [0.15, 0.2) is 0 Å². The number of anilines is 2. The van der Waals surface area contributed by atoms with E-state index in [4.69, 9.17) is 10.5 Å². The second-order valence-corrected chi connectivity index (χ2v) is 4.48. The number of carbonyl (C=O) groups is 1. The van der Waals surface area contributed by atoms with Gasteiger partial charge in [0.25, 0.3) is 0 Å². The van der Waals surface area contributed by atoms with Gasteiger partial charge in [-0.1, -0.05) is 0 Å². The maximum absolute atomic E-state index is 13.2. The largest absolute Gasteiger partial charge is 0.396 e. The van der Waals surface area contributed by atoms with Gasteiger partial charge in [-0.25, -0.2) is 4.39 Å². The van der Waals surface area contributed by atoms with Gasteiger partial charge in [0.1, 0.15) is 5.82 Å². The lowest BCUT2D eigenvalue weighted by atomic mass is 10.1. The first-order chi connectivity index (χ1) is 8.65. The fourth-order valence-electron chi connectivity index (χ4n) is 1.99. The van der Waals surface area contributed by atoms with E-state index in [-0.39, 0.29) is 17.7 Å². The molecule has 1 heterocycles. The zero-order valence-corrected chi connectivity index (χ0v) is 10.1. The topological polar surface area (TPSA) is 64.3 Å². The third-order valence-electron chi connectivity index (χ3n) is 2.97. The molecule has 1 aliphatic heterocycles. The SMILES string of the molecule is Nc1ccc(NC(=O)CC2CCCCO2)cc1F. The number of hydrogen-bond donors (Lipinski definition) is 2. The Morgan fingerprint density at radius 2 is 2.33 bits per heavy atom. The zero-order chi connectivity index (χ0) is 13.0. The lowest BCUT2D eigenvalue weighted by molar-refractivity contribution is -0.119. The minimum atomic E-state index is -0.526. The molecule has 18 heavy (non-hydrogen) atoms. The summed E-state index contributed by atoms with van der Waals surface area (Å²) in [6.45, 7) is 0.717. The van der Waals surface area contributed by atoms with Gasteiger partial charge in [-0.05, 0) is 37.5 Å². The number of amides is 1. The highest BCUT2D eigenvalue weighted by Gasteiger charge is 2.17. The molecule has 1 amide bonds. The van der Waals surface area contributed by atoms with E-state index in [2.05, 4.69) is 5.32 Å². The number of hydrogen-bond acceptors (Lipinski definition) is 3. The van der Waals surface area contributed by atoms with Crippen LogP contribution in [-0.4, -0.2) is 18.6 Å². The van der Waals surface area contributed by atoms with E-state index in [0.29, 0.717) is 18.7 Å². The van der Waals surface area contributed by atoms with Gasteiger partial charge in [-0.15, -0.1) is 0 Å². The van der Waals surface area contributed by atoms with Crippen molar-refractivity contribution in [1.82, 2.24) is 0 Å². The summed E-state index contributed by atoms with van der Waals surface area (Å²) in [5.41, 5.74) is 5.85. The minimum absolute atomic E-state index is 0.0163. The van der Waals surface area contributed by atoms with Gasteiger partial charge in [0, 0.05) is 12.3 Å². The quantitative estimate of drug-likeness (QED) is 0.811. The zero-order valence-electron chi connectivity index (χ0n) is 10.1. The molecule has 0 spiro atoms. The van der Waals surface area contributed by atoms with Crippen LogP contribution >= 0.6 is 0 Å². The molecule has 1 aliphatic rings. The van der Waals surface area contributed by atoms with Crippen molar-refractivity contribution in [3.63, 3.8) is 0 Å². The van der Waals surface area contributed by atoms with Gasteiger partial charge < -0.3 is 15.8 Å². The molecular formula is C13H17FN2O2. The van der Waals surface area contributed by atoms with E-state index in [1.807, 2.05) is 0 Å². The molecule has 4 nitrogen and oxygen atoms in total. The van der Waals surface area contributed by atoms with Crippen LogP contribution in [0.4, 0.5) is 15.8 Å². The Kier molecular flexibility index (Phi) is 4.15. The fourth-order valence-corrected chi connectivity index (χ4v) is 1.99. The van der Waals surface area contributed by atoms with Crippen LogP contribution < -0.4 is 11.1 Å². The predicted octanol–water partition coefficient (Wildman–Crippen LogP) is 2.31. The van der Waals surface area contributed by atoms with Crippen molar-refractivity contribution < 1.29 is 13.9 Å². The van der Waals surface area contributed by atoms with E-state index in [9.17, 15) is 9.18 Å². The van der Waals surface area contributed by atoms with E-state index in [1.54, 1.807) is 6.07 Å². The molecule has 0 radical (unpaired) electrons. The first kappa shape index (κ1) is 12.8. The van der Waals surface area contributed by atoms with Crippen molar-refractivity contribution in [2.24, 2.45) is 0 Å². The van der Waals surface area contributed by atoms with E-state index < -0.39 is 5.82 Å². The second kappa shape index (κ2) is 5.82. The molecule has 0 aliphatic carbocycles. The van der Waals surface area contributed by atoms with Crippen LogP contribution in [0.5, 0.6) is 0 Å². The lowest BCUT2D eigenvalue weighted by Gasteiger charge is -2.21. The third-order valence-corrected chi connectivity index (χ3v) is 2.97. The minimum Gasteiger partial charge on any atom is -0.396 e. The summed E-state index contributed by atoms with van der Waals surface area (Å²) in [6.07, 6.45) is 3.35. The molecule has 3 N–H and O–H groups in total. The smallest absolute Gasteiger partial charge is 0.226 e. The fraction of sp³-hybridized carbons (Fsp3) is 0.462. The molecule has 0 saturated carbocycles. The highest BCUT2D eigenvalue weighted by molar-refractivity contribution is 5.91. The van der Waals surface area contributed by atoms with Gasteiger partial charge >= 0.3 is 0 Å². The number of nitrogens with two attached hydrogens (primary N) is 1. The van der Waals surface area contributed by atoms with Gasteiger partial charge in [-0.3, -0.25) is 4.79 Å². The second-order valence-electron chi connectivity index (χ2n) is 4.48. The summed E-state index contributed by atoms with van der Waals surface area (Å²) in [5.74, 6) is -0.687. The summed E-state index contributed by atoms with van der Waals surface area (Å²) in [7, 11) is 0. The molecule has 2 rings (SSSR count). The van der Waals surface area contributed by atoms with Crippen LogP contribution in [0.1, 0.15) is 25.7 Å². The first-order valence-corrected chi connectivity index (χ1v) is 6.11. The van der Waals surface area contributed by atoms with Crippen LogP contribution in [0.3, 0.4) is 0 Å². The van der Waals surface area contributed by atoms with Gasteiger partial charge in [0.05, 0.1) is 18.2 Å². The number of benzene rings is 1. The molecule has 5 heteroatoms. The average molecular weight is 252 g/mol. The molecule has 0 bridgehead atoms. The summed E-state index contributed by atoms with van der Waals surface area (Å²) < 4.78 is 18.7. The Hall–Kier alpha value is -1.62.